The number of halogens is 2. The molecule has 1 aliphatic heterocycles. The Labute approximate surface area is 159 Å². The van der Waals surface area contributed by atoms with Crippen LogP contribution in [-0.2, 0) is 11.3 Å². The number of amides is 1. The molecule has 0 atom stereocenters. The van der Waals surface area contributed by atoms with Gasteiger partial charge in [-0.25, -0.2) is 4.39 Å². The minimum atomic E-state index is -0.597. The highest BCUT2D eigenvalue weighted by molar-refractivity contribution is 6.31. The Bertz CT molecular complexity index is 716. The number of nitrogens with zero attached hydrogens (tertiary/aromatic N) is 2. The fraction of sp³-hybridized carbons (Fsp3) is 0.667. The summed E-state index contributed by atoms with van der Waals surface area (Å²) in [7, 11) is 0. The Balaban J connectivity index is 1.45. The van der Waals surface area contributed by atoms with Crippen molar-refractivity contribution in [1.29, 1.82) is 0 Å². The number of hydrogen-bond acceptors (Lipinski definition) is 2. The van der Waals surface area contributed by atoms with E-state index in [-0.39, 0.29) is 11.7 Å². The van der Waals surface area contributed by atoms with Crippen LogP contribution in [0.25, 0.3) is 0 Å². The lowest BCUT2D eigenvalue weighted by atomic mass is 9.53. The molecule has 0 spiro atoms. The molecule has 1 aromatic carbocycles. The van der Waals surface area contributed by atoms with Crippen LogP contribution in [0.5, 0.6) is 0 Å². The maximum Gasteiger partial charge on any atom is 0.258 e. The van der Waals surface area contributed by atoms with Crippen LogP contribution in [-0.4, -0.2) is 27.5 Å². The summed E-state index contributed by atoms with van der Waals surface area (Å²) in [6.45, 7) is 4.24. The third-order valence-corrected chi connectivity index (χ3v) is 7.82. The second-order valence-corrected chi connectivity index (χ2v) is 9.80. The third-order valence-electron chi connectivity index (χ3n) is 7.47. The predicted octanol–water partition coefficient (Wildman–Crippen LogP) is 4.64. The van der Waals surface area contributed by atoms with E-state index >= 15 is 0 Å². The first-order valence-electron chi connectivity index (χ1n) is 9.90. The maximum absolute atomic E-state index is 14.4. The lowest BCUT2D eigenvalue weighted by molar-refractivity contribution is -0.251. The summed E-state index contributed by atoms with van der Waals surface area (Å²) in [4.78, 5) is 13.0. The molecule has 3 nitrogen and oxygen atoms in total. The minimum absolute atomic E-state index is 0.183. The summed E-state index contributed by atoms with van der Waals surface area (Å²) in [5.74, 6) is 2.86. The molecule has 0 radical (unpaired) electrons. The predicted molar refractivity (Wildman–Crippen MR) is 98.7 cm³/mol. The summed E-state index contributed by atoms with van der Waals surface area (Å²) in [5, 5.41) is 4.51. The molecule has 4 aliphatic carbocycles. The van der Waals surface area contributed by atoms with Gasteiger partial charge in [0, 0.05) is 17.1 Å². The first-order chi connectivity index (χ1) is 12.4. The molecule has 140 valence electrons. The zero-order valence-electron chi connectivity index (χ0n) is 15.4. The van der Waals surface area contributed by atoms with Crippen molar-refractivity contribution in [3.05, 3.63) is 34.6 Å². The zero-order valence-corrected chi connectivity index (χ0v) is 16.2. The number of hydrazine groups is 1. The molecule has 6 rings (SSSR count). The Morgan fingerprint density at radius 1 is 1.12 bits per heavy atom. The number of rotatable bonds is 3. The highest BCUT2D eigenvalue weighted by Gasteiger charge is 2.60. The number of benzene rings is 1. The average molecular weight is 377 g/mol. The van der Waals surface area contributed by atoms with Crippen molar-refractivity contribution in [3.8, 4) is 0 Å². The lowest BCUT2D eigenvalue weighted by Gasteiger charge is -2.65. The van der Waals surface area contributed by atoms with Crippen LogP contribution in [0.15, 0.2) is 18.2 Å². The molecule has 1 aromatic rings. The number of carbonyl (C=O) groups is 1. The summed E-state index contributed by atoms with van der Waals surface area (Å²) in [6.07, 6.45) is 6.44. The SMILES string of the molecule is CC1(C)C(=O)N(C2C3CC4CC(C3)CC2C4)N1Cc1c(F)cccc1Cl. The summed E-state index contributed by atoms with van der Waals surface area (Å²) >= 11 is 6.27. The van der Waals surface area contributed by atoms with Gasteiger partial charge < -0.3 is 0 Å². The lowest BCUT2D eigenvalue weighted by Crippen LogP contribution is -2.79. The topological polar surface area (TPSA) is 23.6 Å². The van der Waals surface area contributed by atoms with Crippen LogP contribution in [0.4, 0.5) is 4.39 Å². The second kappa shape index (κ2) is 5.68. The smallest absolute Gasteiger partial charge is 0.258 e. The monoisotopic (exact) mass is 376 g/mol. The van der Waals surface area contributed by atoms with E-state index in [1.165, 1.54) is 38.2 Å². The first-order valence-corrected chi connectivity index (χ1v) is 10.3. The Hall–Kier alpha value is -1.13. The van der Waals surface area contributed by atoms with Gasteiger partial charge in [-0.1, -0.05) is 17.7 Å². The van der Waals surface area contributed by atoms with Crippen molar-refractivity contribution in [2.24, 2.45) is 23.7 Å². The molecule has 0 aromatic heterocycles. The van der Waals surface area contributed by atoms with Crippen LogP contribution in [0.1, 0.15) is 51.5 Å². The van der Waals surface area contributed by atoms with E-state index in [2.05, 4.69) is 5.01 Å². The number of hydrogen-bond donors (Lipinski definition) is 0. The molecule has 4 bridgehead atoms. The van der Waals surface area contributed by atoms with Gasteiger partial charge in [0.2, 0.25) is 0 Å². The highest BCUT2D eigenvalue weighted by Crippen LogP contribution is 2.57. The Morgan fingerprint density at radius 2 is 1.73 bits per heavy atom. The molecule has 5 aliphatic rings. The van der Waals surface area contributed by atoms with Gasteiger partial charge in [0.15, 0.2) is 0 Å². The van der Waals surface area contributed by atoms with Crippen molar-refractivity contribution in [2.75, 3.05) is 0 Å². The molecule has 1 amide bonds. The third kappa shape index (κ3) is 2.31. The Morgan fingerprint density at radius 3 is 2.31 bits per heavy atom. The maximum atomic E-state index is 14.4. The Kier molecular flexibility index (Phi) is 3.72. The molecule has 1 saturated heterocycles. The normalized spacial score (nSPS) is 37.9. The van der Waals surface area contributed by atoms with Crippen LogP contribution >= 0.6 is 11.6 Å². The fourth-order valence-corrected chi connectivity index (χ4v) is 6.65. The second-order valence-electron chi connectivity index (χ2n) is 9.39. The van der Waals surface area contributed by atoms with Gasteiger partial charge in [0.25, 0.3) is 5.91 Å². The van der Waals surface area contributed by atoms with Gasteiger partial charge in [-0.3, -0.25) is 9.80 Å². The molecule has 5 heteroatoms. The number of carbonyl (C=O) groups excluding carboxylic acids is 1. The van der Waals surface area contributed by atoms with Crippen molar-refractivity contribution in [2.45, 2.75) is 64.1 Å². The molecule has 5 fully saturated rings. The van der Waals surface area contributed by atoms with Crippen LogP contribution in [0, 0.1) is 29.5 Å². The highest BCUT2D eigenvalue weighted by atomic mass is 35.5. The van der Waals surface area contributed by atoms with Gasteiger partial charge >= 0.3 is 0 Å². The van der Waals surface area contributed by atoms with E-state index in [0.717, 1.165) is 11.8 Å². The van der Waals surface area contributed by atoms with E-state index in [0.29, 0.717) is 35.0 Å². The van der Waals surface area contributed by atoms with E-state index in [1.54, 1.807) is 12.1 Å². The molecule has 1 heterocycles. The molecule has 0 unspecified atom stereocenters. The van der Waals surface area contributed by atoms with Crippen molar-refractivity contribution in [1.82, 2.24) is 10.0 Å². The van der Waals surface area contributed by atoms with Crippen molar-refractivity contribution in [3.63, 3.8) is 0 Å². The molecular formula is C21H26ClFN2O. The van der Waals surface area contributed by atoms with Gasteiger partial charge in [-0.15, -0.1) is 0 Å². The van der Waals surface area contributed by atoms with Crippen molar-refractivity contribution >= 4 is 17.5 Å². The van der Waals surface area contributed by atoms with Gasteiger partial charge in [-0.05, 0) is 81.8 Å². The fourth-order valence-electron chi connectivity index (χ4n) is 6.42. The summed E-state index contributed by atoms with van der Waals surface area (Å²) in [5.41, 5.74) is -0.108. The van der Waals surface area contributed by atoms with Gasteiger partial charge in [0.1, 0.15) is 11.4 Å². The van der Waals surface area contributed by atoms with Crippen LogP contribution in [0.3, 0.4) is 0 Å². The zero-order chi connectivity index (χ0) is 18.2. The van der Waals surface area contributed by atoms with Crippen LogP contribution < -0.4 is 0 Å². The summed E-state index contributed by atoms with van der Waals surface area (Å²) < 4.78 is 14.4. The van der Waals surface area contributed by atoms with E-state index in [9.17, 15) is 9.18 Å². The molecule has 0 N–H and O–H groups in total. The molecular weight excluding hydrogens is 351 g/mol. The van der Waals surface area contributed by atoms with Gasteiger partial charge in [-0.2, -0.15) is 5.01 Å². The van der Waals surface area contributed by atoms with Crippen LogP contribution in [0.2, 0.25) is 5.02 Å². The average Bonchev–Trinajstić information content (AvgIpc) is 2.58. The van der Waals surface area contributed by atoms with E-state index < -0.39 is 5.54 Å². The van der Waals surface area contributed by atoms with Crippen molar-refractivity contribution < 1.29 is 9.18 Å². The largest absolute Gasteiger partial charge is 0.271 e. The molecule has 4 saturated carbocycles. The first kappa shape index (κ1) is 17.0. The van der Waals surface area contributed by atoms with Gasteiger partial charge in [0.05, 0.1) is 6.04 Å². The molecule has 26 heavy (non-hydrogen) atoms. The van der Waals surface area contributed by atoms with E-state index in [4.69, 9.17) is 11.6 Å². The summed E-state index contributed by atoms with van der Waals surface area (Å²) in [6, 6.07) is 5.10. The quantitative estimate of drug-likeness (QED) is 0.767. The minimum Gasteiger partial charge on any atom is -0.271 e. The van der Waals surface area contributed by atoms with E-state index in [1.807, 2.05) is 18.9 Å². The standard InChI is InChI=1S/C21H26ClFN2O/c1-21(2)20(26)25(24(21)11-16-17(22)4-3-5-18(16)23)19-14-7-12-6-13(9-14)10-15(19)8-12/h3-5,12-15,19H,6-11H2,1-2H3.